The van der Waals surface area contributed by atoms with Crippen LogP contribution in [0.5, 0.6) is 0 Å². The van der Waals surface area contributed by atoms with Gasteiger partial charge in [-0.15, -0.1) is 11.3 Å². The summed E-state index contributed by atoms with van der Waals surface area (Å²) in [5.74, 6) is -0.119. The molecule has 1 aromatic heterocycles. The Morgan fingerprint density at radius 2 is 1.91 bits per heavy atom. The Hall–Kier alpha value is -2.66. The van der Waals surface area contributed by atoms with Crippen LogP contribution in [0.15, 0.2) is 60.0 Å². The van der Waals surface area contributed by atoms with E-state index >= 15 is 0 Å². The van der Waals surface area contributed by atoms with Gasteiger partial charge in [-0.25, -0.2) is 4.98 Å². The third kappa shape index (κ3) is 3.15. The number of nitrogens with one attached hydrogen (secondary N) is 2. The lowest BCUT2D eigenvalue weighted by Gasteiger charge is -2.06. The van der Waals surface area contributed by atoms with Crippen LogP contribution in [-0.4, -0.2) is 17.9 Å². The fraction of sp³-hybridized carbons (Fsp3) is 0.0588. The van der Waals surface area contributed by atoms with Crippen molar-refractivity contribution in [3.63, 3.8) is 0 Å². The van der Waals surface area contributed by atoms with Crippen molar-refractivity contribution < 1.29 is 4.79 Å². The Balaban J connectivity index is 1.81. The number of benzene rings is 2. The van der Waals surface area contributed by atoms with Crippen LogP contribution in [0, 0.1) is 0 Å². The Kier molecular flexibility index (Phi) is 4.16. The number of hydrogen-bond acceptors (Lipinski definition) is 4. The van der Waals surface area contributed by atoms with Crippen molar-refractivity contribution >= 4 is 28.1 Å². The minimum absolute atomic E-state index is 0.119. The molecule has 3 aromatic rings. The van der Waals surface area contributed by atoms with Crippen molar-refractivity contribution in [2.24, 2.45) is 0 Å². The van der Waals surface area contributed by atoms with Gasteiger partial charge < -0.3 is 10.6 Å². The van der Waals surface area contributed by atoms with Gasteiger partial charge in [-0.3, -0.25) is 4.79 Å². The molecule has 3 rings (SSSR count). The number of nitrogens with zero attached hydrogens (tertiary/aromatic N) is 1. The number of amides is 1. The molecule has 0 bridgehead atoms. The zero-order valence-electron chi connectivity index (χ0n) is 12.0. The van der Waals surface area contributed by atoms with E-state index < -0.39 is 0 Å². The predicted molar refractivity (Wildman–Crippen MR) is 91.5 cm³/mol. The van der Waals surface area contributed by atoms with E-state index in [1.165, 1.54) is 0 Å². The Morgan fingerprint density at radius 3 is 2.64 bits per heavy atom. The molecule has 0 fully saturated rings. The maximum atomic E-state index is 12.2. The molecule has 1 heterocycles. The van der Waals surface area contributed by atoms with Gasteiger partial charge >= 0.3 is 0 Å². The average Bonchev–Trinajstić information content (AvgIpc) is 3.05. The van der Waals surface area contributed by atoms with Gasteiger partial charge in [0.05, 0.1) is 5.69 Å². The van der Waals surface area contributed by atoms with Crippen LogP contribution in [0.2, 0.25) is 0 Å². The Morgan fingerprint density at radius 1 is 1.09 bits per heavy atom. The second-order valence-electron chi connectivity index (χ2n) is 4.69. The molecule has 0 spiro atoms. The van der Waals surface area contributed by atoms with Gasteiger partial charge in [-0.2, -0.15) is 0 Å². The van der Waals surface area contributed by atoms with Crippen LogP contribution >= 0.6 is 11.3 Å². The normalized spacial score (nSPS) is 10.2. The molecule has 0 aliphatic rings. The molecule has 4 nitrogen and oxygen atoms in total. The van der Waals surface area contributed by atoms with Crippen molar-refractivity contribution in [3.8, 4) is 11.3 Å². The van der Waals surface area contributed by atoms with E-state index in [1.807, 2.05) is 54.9 Å². The highest BCUT2D eigenvalue weighted by Gasteiger charge is 2.07. The summed E-state index contributed by atoms with van der Waals surface area (Å²) in [5.41, 5.74) is 3.26. The number of anilines is 2. The molecule has 0 atom stereocenters. The quantitative estimate of drug-likeness (QED) is 0.762. The lowest BCUT2D eigenvalue weighted by molar-refractivity contribution is 0.102. The van der Waals surface area contributed by atoms with Crippen LogP contribution in [-0.2, 0) is 0 Å². The maximum absolute atomic E-state index is 12.2. The zero-order valence-corrected chi connectivity index (χ0v) is 12.9. The van der Waals surface area contributed by atoms with E-state index in [1.54, 1.807) is 23.5 Å². The lowest BCUT2D eigenvalue weighted by atomic mass is 10.1. The molecule has 0 aliphatic heterocycles. The van der Waals surface area contributed by atoms with Crippen molar-refractivity contribution in [1.82, 2.24) is 4.98 Å². The van der Waals surface area contributed by atoms with Gasteiger partial charge in [0.25, 0.3) is 5.91 Å². The molecule has 0 radical (unpaired) electrons. The monoisotopic (exact) mass is 309 g/mol. The summed E-state index contributed by atoms with van der Waals surface area (Å²) < 4.78 is 0. The number of hydrogen-bond donors (Lipinski definition) is 2. The highest BCUT2D eigenvalue weighted by molar-refractivity contribution is 7.14. The van der Waals surface area contributed by atoms with Gasteiger partial charge in [0.2, 0.25) is 0 Å². The third-order valence-electron chi connectivity index (χ3n) is 3.17. The first kappa shape index (κ1) is 14.3. The summed E-state index contributed by atoms with van der Waals surface area (Å²) in [7, 11) is 1.85. The molecule has 2 aromatic carbocycles. The zero-order chi connectivity index (χ0) is 15.4. The first-order valence-electron chi connectivity index (χ1n) is 6.86. The molecule has 110 valence electrons. The van der Waals surface area contributed by atoms with E-state index in [9.17, 15) is 4.79 Å². The van der Waals surface area contributed by atoms with Crippen LogP contribution < -0.4 is 10.6 Å². The maximum Gasteiger partial charge on any atom is 0.255 e. The molecule has 5 heteroatoms. The van der Waals surface area contributed by atoms with Gasteiger partial charge in [0.15, 0.2) is 5.13 Å². The lowest BCUT2D eigenvalue weighted by Crippen LogP contribution is -2.11. The van der Waals surface area contributed by atoms with E-state index in [4.69, 9.17) is 0 Å². The molecule has 1 amide bonds. The highest BCUT2D eigenvalue weighted by atomic mass is 32.1. The van der Waals surface area contributed by atoms with Crippen molar-refractivity contribution in [1.29, 1.82) is 0 Å². The minimum atomic E-state index is -0.119. The van der Waals surface area contributed by atoms with E-state index in [2.05, 4.69) is 15.6 Å². The number of carbonyl (C=O) groups excluding carboxylic acids is 1. The van der Waals surface area contributed by atoms with Crippen molar-refractivity contribution in [2.45, 2.75) is 0 Å². The average molecular weight is 309 g/mol. The second-order valence-corrected chi connectivity index (χ2v) is 5.55. The van der Waals surface area contributed by atoms with Gasteiger partial charge in [0, 0.05) is 29.2 Å². The standard InChI is InChI=1S/C17H15N3OS/c1-18-17-20-15(11-22-17)13-8-5-9-14(10-13)19-16(21)12-6-3-2-4-7-12/h2-11H,1H3,(H,18,20)(H,19,21). The SMILES string of the molecule is CNc1nc(-c2cccc(NC(=O)c3ccccc3)c2)cs1. The molecule has 0 saturated heterocycles. The topological polar surface area (TPSA) is 54.0 Å². The van der Waals surface area contributed by atoms with Crippen LogP contribution in [0.1, 0.15) is 10.4 Å². The molecule has 22 heavy (non-hydrogen) atoms. The van der Waals surface area contributed by atoms with E-state index in [-0.39, 0.29) is 5.91 Å². The third-order valence-corrected chi connectivity index (χ3v) is 4.03. The minimum Gasteiger partial charge on any atom is -0.365 e. The van der Waals surface area contributed by atoms with Crippen molar-refractivity contribution in [2.75, 3.05) is 17.7 Å². The van der Waals surface area contributed by atoms with Crippen LogP contribution in [0.25, 0.3) is 11.3 Å². The van der Waals surface area contributed by atoms with Crippen molar-refractivity contribution in [3.05, 3.63) is 65.5 Å². The molecular weight excluding hydrogens is 294 g/mol. The predicted octanol–water partition coefficient (Wildman–Crippen LogP) is 4.10. The second kappa shape index (κ2) is 6.41. The first-order valence-corrected chi connectivity index (χ1v) is 7.74. The molecule has 0 unspecified atom stereocenters. The molecule has 2 N–H and O–H groups in total. The fourth-order valence-corrected chi connectivity index (χ4v) is 2.75. The summed E-state index contributed by atoms with van der Waals surface area (Å²) in [6.45, 7) is 0. The fourth-order valence-electron chi connectivity index (χ4n) is 2.07. The Bertz CT molecular complexity index is 783. The van der Waals surface area contributed by atoms with Gasteiger partial charge in [0.1, 0.15) is 0 Å². The number of aromatic nitrogens is 1. The van der Waals surface area contributed by atoms with Gasteiger partial charge in [-0.05, 0) is 24.3 Å². The Labute approximate surface area is 132 Å². The summed E-state index contributed by atoms with van der Waals surface area (Å²) in [5, 5.41) is 8.79. The van der Waals surface area contributed by atoms with Crippen LogP contribution in [0.3, 0.4) is 0 Å². The molecular formula is C17H15N3OS. The number of rotatable bonds is 4. The summed E-state index contributed by atoms with van der Waals surface area (Å²) >= 11 is 1.55. The largest absolute Gasteiger partial charge is 0.365 e. The van der Waals surface area contributed by atoms with E-state index in [0.29, 0.717) is 5.56 Å². The highest BCUT2D eigenvalue weighted by Crippen LogP contribution is 2.26. The first-order chi connectivity index (χ1) is 10.8. The van der Waals surface area contributed by atoms with Gasteiger partial charge in [-0.1, -0.05) is 30.3 Å². The molecule has 0 saturated carbocycles. The van der Waals surface area contributed by atoms with E-state index in [0.717, 1.165) is 22.1 Å². The summed E-state index contributed by atoms with van der Waals surface area (Å²) in [6.07, 6.45) is 0. The smallest absolute Gasteiger partial charge is 0.255 e. The van der Waals surface area contributed by atoms with Crippen LogP contribution in [0.4, 0.5) is 10.8 Å². The molecule has 0 aliphatic carbocycles. The summed E-state index contributed by atoms with van der Waals surface area (Å²) in [6, 6.07) is 16.8. The number of thiazole rings is 1. The number of carbonyl (C=O) groups is 1. The summed E-state index contributed by atoms with van der Waals surface area (Å²) in [4.78, 5) is 16.6.